The second-order valence-corrected chi connectivity index (χ2v) is 6.18. The smallest absolute Gasteiger partial charge is 0.387 e. The lowest BCUT2D eigenvalue weighted by molar-refractivity contribution is -0.0498. The molecule has 1 aliphatic rings. The predicted octanol–water partition coefficient (Wildman–Crippen LogP) is 4.12. The van der Waals surface area contributed by atoms with Gasteiger partial charge in [-0.2, -0.15) is 13.9 Å². The van der Waals surface area contributed by atoms with Gasteiger partial charge in [0.25, 0.3) is 0 Å². The molecule has 0 radical (unpaired) electrons. The Bertz CT molecular complexity index is 983. The van der Waals surface area contributed by atoms with Gasteiger partial charge in [-0.1, -0.05) is 12.1 Å². The first-order valence-electron chi connectivity index (χ1n) is 8.20. The van der Waals surface area contributed by atoms with Gasteiger partial charge >= 0.3 is 12.6 Å². The van der Waals surface area contributed by atoms with Gasteiger partial charge in [-0.05, 0) is 37.5 Å². The molecule has 0 bridgehead atoms. The second-order valence-electron chi connectivity index (χ2n) is 6.18. The van der Waals surface area contributed by atoms with Gasteiger partial charge < -0.3 is 9.84 Å². The van der Waals surface area contributed by atoms with Crippen LogP contribution in [-0.4, -0.2) is 32.5 Å². The number of nitrogens with zero attached hydrogens (tertiary/aromatic N) is 3. The minimum Gasteiger partial charge on any atom is -0.478 e. The molecule has 6 nitrogen and oxygen atoms in total. The number of pyridine rings is 1. The third-order valence-electron chi connectivity index (χ3n) is 4.55. The number of fused-ring (bicyclic) bond motifs is 1. The number of rotatable bonds is 5. The number of aromatic carboxylic acids is 1. The number of hydrogen-bond donors (Lipinski definition) is 1. The molecule has 0 unspecified atom stereocenters. The Hall–Kier alpha value is -3.03. The normalized spacial score (nSPS) is 14.6. The van der Waals surface area contributed by atoms with Crippen molar-refractivity contribution >= 4 is 17.0 Å². The molecular weight excluding hydrogens is 344 g/mol. The zero-order chi connectivity index (χ0) is 18.3. The van der Waals surface area contributed by atoms with Gasteiger partial charge in [0, 0.05) is 11.8 Å². The molecule has 2 aromatic heterocycles. The summed E-state index contributed by atoms with van der Waals surface area (Å²) in [6, 6.07) is 8.00. The van der Waals surface area contributed by atoms with E-state index in [9.17, 15) is 18.7 Å². The maximum Gasteiger partial charge on any atom is 0.387 e. The number of alkyl halides is 2. The van der Waals surface area contributed by atoms with Crippen LogP contribution in [0.15, 0.2) is 36.5 Å². The molecule has 0 aliphatic heterocycles. The van der Waals surface area contributed by atoms with E-state index in [1.54, 1.807) is 22.9 Å². The van der Waals surface area contributed by atoms with E-state index in [-0.39, 0.29) is 17.4 Å². The van der Waals surface area contributed by atoms with E-state index >= 15 is 0 Å². The maximum absolute atomic E-state index is 12.5. The molecule has 3 aromatic rings. The summed E-state index contributed by atoms with van der Waals surface area (Å²) in [7, 11) is 0. The van der Waals surface area contributed by atoms with E-state index < -0.39 is 12.6 Å². The molecule has 134 valence electrons. The Labute approximate surface area is 147 Å². The van der Waals surface area contributed by atoms with Crippen LogP contribution < -0.4 is 4.74 Å². The van der Waals surface area contributed by atoms with E-state index in [1.165, 1.54) is 18.3 Å². The van der Waals surface area contributed by atoms with Gasteiger partial charge in [0.15, 0.2) is 0 Å². The topological polar surface area (TPSA) is 77.2 Å². The van der Waals surface area contributed by atoms with Gasteiger partial charge in [-0.25, -0.2) is 4.79 Å². The molecule has 1 fully saturated rings. The minimum atomic E-state index is -2.91. The quantitative estimate of drug-likeness (QED) is 0.741. The molecule has 2 heterocycles. The lowest BCUT2D eigenvalue weighted by Gasteiger charge is -2.26. The van der Waals surface area contributed by atoms with E-state index in [1.807, 2.05) is 0 Å². The number of benzene rings is 1. The van der Waals surface area contributed by atoms with Crippen molar-refractivity contribution in [2.24, 2.45) is 0 Å². The summed E-state index contributed by atoms with van der Waals surface area (Å²) in [5.41, 5.74) is 2.35. The fourth-order valence-electron chi connectivity index (χ4n) is 3.06. The Kier molecular flexibility index (Phi) is 4.02. The molecule has 4 rings (SSSR count). The highest BCUT2D eigenvalue weighted by atomic mass is 19.3. The Morgan fingerprint density at radius 1 is 1.31 bits per heavy atom. The summed E-state index contributed by atoms with van der Waals surface area (Å²) in [5, 5.41) is 13.9. The zero-order valence-electron chi connectivity index (χ0n) is 13.6. The van der Waals surface area contributed by atoms with Crippen molar-refractivity contribution in [1.82, 2.24) is 14.8 Å². The average molecular weight is 359 g/mol. The van der Waals surface area contributed by atoms with Gasteiger partial charge in [0.05, 0.1) is 17.1 Å². The SMILES string of the molecule is O=C(O)c1cnc2c(-c3cccc(OC(F)F)c3)nn(C3CCC3)c2c1. The molecule has 0 atom stereocenters. The standard InChI is InChI=1S/C18H15F2N3O3/c19-18(20)26-13-6-1-3-10(7-13)15-16-14(8-11(9-21-16)17(24)25)23(22-15)12-4-2-5-12/h1,3,6-9,12,18H,2,4-5H2,(H,24,25). The number of aromatic nitrogens is 3. The molecule has 0 amide bonds. The second kappa shape index (κ2) is 6.36. The van der Waals surface area contributed by atoms with Crippen molar-refractivity contribution in [3.63, 3.8) is 0 Å². The van der Waals surface area contributed by atoms with Crippen LogP contribution in [0.25, 0.3) is 22.3 Å². The number of ether oxygens (including phenoxy) is 1. The molecule has 26 heavy (non-hydrogen) atoms. The van der Waals surface area contributed by atoms with Crippen molar-refractivity contribution in [1.29, 1.82) is 0 Å². The Morgan fingerprint density at radius 3 is 2.77 bits per heavy atom. The van der Waals surface area contributed by atoms with Crippen LogP contribution in [0, 0.1) is 0 Å². The predicted molar refractivity (Wildman–Crippen MR) is 89.4 cm³/mol. The highest BCUT2D eigenvalue weighted by Gasteiger charge is 2.25. The fraction of sp³-hybridized carbons (Fsp3) is 0.278. The lowest BCUT2D eigenvalue weighted by Crippen LogP contribution is -2.18. The van der Waals surface area contributed by atoms with Gasteiger partial charge in [0.1, 0.15) is 17.0 Å². The molecule has 1 saturated carbocycles. The number of carboxylic acids is 1. The summed E-state index contributed by atoms with van der Waals surface area (Å²) in [5.74, 6) is -1.03. The molecule has 0 spiro atoms. The van der Waals surface area contributed by atoms with Crippen LogP contribution in [0.4, 0.5) is 8.78 Å². The largest absolute Gasteiger partial charge is 0.478 e. The molecule has 1 aromatic carbocycles. The van der Waals surface area contributed by atoms with Crippen molar-refractivity contribution < 1.29 is 23.4 Å². The first-order chi connectivity index (χ1) is 12.5. The fourth-order valence-corrected chi connectivity index (χ4v) is 3.06. The number of carbonyl (C=O) groups is 1. The summed E-state index contributed by atoms with van der Waals surface area (Å²) >= 11 is 0. The van der Waals surface area contributed by atoms with Crippen LogP contribution in [0.5, 0.6) is 5.75 Å². The summed E-state index contributed by atoms with van der Waals surface area (Å²) in [6.07, 6.45) is 4.29. The third kappa shape index (κ3) is 2.87. The number of hydrogen-bond acceptors (Lipinski definition) is 4. The first kappa shape index (κ1) is 16.4. The van der Waals surface area contributed by atoms with E-state index in [4.69, 9.17) is 0 Å². The molecule has 1 N–H and O–H groups in total. The average Bonchev–Trinajstić information content (AvgIpc) is 2.91. The van der Waals surface area contributed by atoms with E-state index in [0.717, 1.165) is 19.3 Å². The molecular formula is C18H15F2N3O3. The Morgan fingerprint density at radius 2 is 2.12 bits per heavy atom. The highest BCUT2D eigenvalue weighted by molar-refractivity contribution is 5.96. The molecule has 1 aliphatic carbocycles. The lowest BCUT2D eigenvalue weighted by atomic mass is 9.93. The van der Waals surface area contributed by atoms with Crippen molar-refractivity contribution in [3.05, 3.63) is 42.1 Å². The van der Waals surface area contributed by atoms with E-state index in [2.05, 4.69) is 14.8 Å². The number of carboxylic acid groups (broad SMARTS) is 1. The summed E-state index contributed by atoms with van der Waals surface area (Å²) < 4.78 is 31.2. The van der Waals surface area contributed by atoms with Crippen LogP contribution in [0.2, 0.25) is 0 Å². The molecule has 0 saturated heterocycles. The van der Waals surface area contributed by atoms with Crippen LogP contribution in [0.3, 0.4) is 0 Å². The summed E-state index contributed by atoms with van der Waals surface area (Å²) in [4.78, 5) is 15.6. The van der Waals surface area contributed by atoms with Crippen molar-refractivity contribution in [2.45, 2.75) is 31.9 Å². The van der Waals surface area contributed by atoms with Crippen molar-refractivity contribution in [2.75, 3.05) is 0 Å². The van der Waals surface area contributed by atoms with Crippen molar-refractivity contribution in [3.8, 4) is 17.0 Å². The van der Waals surface area contributed by atoms with Crippen LogP contribution in [0.1, 0.15) is 35.7 Å². The summed E-state index contributed by atoms with van der Waals surface area (Å²) in [6.45, 7) is -2.91. The van der Waals surface area contributed by atoms with Crippen LogP contribution in [-0.2, 0) is 0 Å². The number of halogens is 2. The van der Waals surface area contributed by atoms with E-state index in [0.29, 0.717) is 22.3 Å². The highest BCUT2D eigenvalue weighted by Crippen LogP contribution is 2.37. The third-order valence-corrected chi connectivity index (χ3v) is 4.55. The van der Waals surface area contributed by atoms with Gasteiger partial charge in [0.2, 0.25) is 0 Å². The van der Waals surface area contributed by atoms with Gasteiger partial charge in [-0.15, -0.1) is 0 Å². The zero-order valence-corrected chi connectivity index (χ0v) is 13.6. The minimum absolute atomic E-state index is 0.0333. The Balaban J connectivity index is 1.86. The maximum atomic E-state index is 12.5. The monoisotopic (exact) mass is 359 g/mol. The first-order valence-corrected chi connectivity index (χ1v) is 8.20. The van der Waals surface area contributed by atoms with Gasteiger partial charge in [-0.3, -0.25) is 9.67 Å². The van der Waals surface area contributed by atoms with Crippen LogP contribution >= 0.6 is 0 Å². The molecule has 8 heteroatoms.